The molecule has 6 heteroatoms. The molecule has 0 spiro atoms. The van der Waals surface area contributed by atoms with Gasteiger partial charge in [0.15, 0.2) is 11.0 Å². The van der Waals surface area contributed by atoms with Gasteiger partial charge in [0, 0.05) is 24.6 Å². The molecule has 2 aromatic rings. The van der Waals surface area contributed by atoms with Gasteiger partial charge in [0.05, 0.1) is 11.4 Å². The van der Waals surface area contributed by atoms with Crippen LogP contribution in [-0.4, -0.2) is 34.9 Å². The Morgan fingerprint density at radius 2 is 1.94 bits per heavy atom. The molecule has 0 saturated carbocycles. The van der Waals surface area contributed by atoms with Crippen molar-refractivity contribution in [3.05, 3.63) is 12.1 Å². The highest BCUT2D eigenvalue weighted by Gasteiger charge is 2.17. The normalized spacial score (nSPS) is 16.9. The number of hydrogen-bond donors (Lipinski definition) is 1. The molecule has 5 nitrogen and oxygen atoms in total. The molecule has 0 radical (unpaired) electrons. The Bertz CT molecular complexity index is 506. The first-order valence-corrected chi connectivity index (χ1v) is 6.35. The van der Waals surface area contributed by atoms with Crippen molar-refractivity contribution in [2.45, 2.75) is 0 Å². The first-order chi connectivity index (χ1) is 7.86. The van der Waals surface area contributed by atoms with Gasteiger partial charge >= 0.3 is 0 Å². The Morgan fingerprint density at radius 1 is 1.19 bits per heavy atom. The van der Waals surface area contributed by atoms with E-state index in [9.17, 15) is 0 Å². The number of thioether (sulfide) groups is 1. The van der Waals surface area contributed by atoms with E-state index in [1.54, 1.807) is 0 Å². The van der Waals surface area contributed by atoms with Crippen LogP contribution in [0.2, 0.25) is 0 Å². The molecular weight excluding hydrogens is 224 g/mol. The summed E-state index contributed by atoms with van der Waals surface area (Å²) in [5.74, 6) is 2.30. The highest BCUT2D eigenvalue weighted by Crippen LogP contribution is 2.29. The van der Waals surface area contributed by atoms with Crippen molar-refractivity contribution in [3.63, 3.8) is 0 Å². The molecule has 0 aliphatic carbocycles. The van der Waals surface area contributed by atoms with Crippen molar-refractivity contribution >= 4 is 34.2 Å². The van der Waals surface area contributed by atoms with Gasteiger partial charge in [-0.15, -0.1) is 0 Å². The molecule has 1 saturated heterocycles. The zero-order valence-corrected chi connectivity index (χ0v) is 9.54. The van der Waals surface area contributed by atoms with Gasteiger partial charge in [-0.25, -0.2) is 4.63 Å². The molecule has 16 heavy (non-hydrogen) atoms. The Labute approximate surface area is 96.9 Å². The third-order valence-electron chi connectivity index (χ3n) is 2.78. The van der Waals surface area contributed by atoms with Crippen LogP contribution in [0.25, 0.3) is 11.0 Å². The first-order valence-electron chi connectivity index (χ1n) is 5.20. The molecule has 0 bridgehead atoms. The van der Waals surface area contributed by atoms with Crippen molar-refractivity contribution in [3.8, 4) is 0 Å². The summed E-state index contributed by atoms with van der Waals surface area (Å²) in [7, 11) is 0. The number of aromatic nitrogens is 2. The van der Waals surface area contributed by atoms with E-state index in [1.165, 1.54) is 0 Å². The summed E-state index contributed by atoms with van der Waals surface area (Å²) in [6.07, 6.45) is 0. The molecule has 0 atom stereocenters. The molecule has 1 aliphatic heterocycles. The van der Waals surface area contributed by atoms with Crippen LogP contribution >= 0.6 is 11.8 Å². The van der Waals surface area contributed by atoms with Crippen molar-refractivity contribution in [1.29, 1.82) is 0 Å². The number of nitrogens with zero attached hydrogens (tertiary/aromatic N) is 3. The minimum Gasteiger partial charge on any atom is -0.397 e. The molecule has 0 amide bonds. The zero-order valence-electron chi connectivity index (χ0n) is 8.72. The van der Waals surface area contributed by atoms with Crippen molar-refractivity contribution < 1.29 is 4.63 Å². The SMILES string of the molecule is Nc1ccc(N2CCSCC2)c2nonc12. The van der Waals surface area contributed by atoms with Crippen LogP contribution in [-0.2, 0) is 0 Å². The fraction of sp³-hybridized carbons (Fsp3) is 0.400. The average molecular weight is 236 g/mol. The number of nitrogen functional groups attached to an aromatic ring is 1. The van der Waals surface area contributed by atoms with Crippen LogP contribution < -0.4 is 10.6 Å². The summed E-state index contributed by atoms with van der Waals surface area (Å²) in [5, 5.41) is 7.77. The predicted molar refractivity (Wildman–Crippen MR) is 65.8 cm³/mol. The summed E-state index contributed by atoms with van der Waals surface area (Å²) in [4.78, 5) is 2.31. The zero-order chi connectivity index (χ0) is 11.0. The van der Waals surface area contributed by atoms with E-state index in [0.29, 0.717) is 11.2 Å². The quantitative estimate of drug-likeness (QED) is 0.754. The molecule has 1 aromatic carbocycles. The fourth-order valence-corrected chi connectivity index (χ4v) is 2.84. The lowest BCUT2D eigenvalue weighted by atomic mass is 10.2. The molecule has 1 aromatic heterocycles. The van der Waals surface area contributed by atoms with Gasteiger partial charge in [0.1, 0.15) is 0 Å². The van der Waals surface area contributed by atoms with Gasteiger partial charge in [-0.05, 0) is 22.4 Å². The smallest absolute Gasteiger partial charge is 0.160 e. The van der Waals surface area contributed by atoms with E-state index in [0.717, 1.165) is 35.8 Å². The second kappa shape index (κ2) is 3.86. The van der Waals surface area contributed by atoms with Crippen molar-refractivity contribution in [1.82, 2.24) is 10.3 Å². The van der Waals surface area contributed by atoms with Gasteiger partial charge in [-0.2, -0.15) is 11.8 Å². The third-order valence-corrected chi connectivity index (χ3v) is 3.72. The Kier molecular flexibility index (Phi) is 2.36. The number of benzene rings is 1. The summed E-state index contributed by atoms with van der Waals surface area (Å²) < 4.78 is 4.77. The molecule has 3 rings (SSSR count). The summed E-state index contributed by atoms with van der Waals surface area (Å²) >= 11 is 1.98. The second-order valence-electron chi connectivity index (χ2n) is 3.73. The van der Waals surface area contributed by atoms with Gasteiger partial charge in [-0.3, -0.25) is 0 Å². The van der Waals surface area contributed by atoms with E-state index in [2.05, 4.69) is 15.2 Å². The van der Waals surface area contributed by atoms with E-state index in [4.69, 9.17) is 10.4 Å². The molecule has 2 N–H and O–H groups in total. The number of hydrogen-bond acceptors (Lipinski definition) is 6. The van der Waals surface area contributed by atoms with Crippen LogP contribution in [0.3, 0.4) is 0 Å². The standard InChI is InChI=1S/C10H12N4OS/c11-7-1-2-8(10-9(7)12-15-13-10)14-3-5-16-6-4-14/h1-2H,3-6,11H2. The molecule has 2 heterocycles. The van der Waals surface area contributed by atoms with Crippen LogP contribution in [0.15, 0.2) is 16.8 Å². The number of rotatable bonds is 1. The Morgan fingerprint density at radius 3 is 2.75 bits per heavy atom. The minimum absolute atomic E-state index is 0.617. The lowest BCUT2D eigenvalue weighted by molar-refractivity contribution is 0.315. The molecular formula is C10H12N4OS. The maximum absolute atomic E-state index is 5.81. The van der Waals surface area contributed by atoms with Crippen molar-refractivity contribution in [2.75, 3.05) is 35.2 Å². The highest BCUT2D eigenvalue weighted by molar-refractivity contribution is 7.99. The van der Waals surface area contributed by atoms with Crippen molar-refractivity contribution in [2.24, 2.45) is 0 Å². The molecule has 0 unspecified atom stereocenters. The molecule has 84 valence electrons. The third kappa shape index (κ3) is 1.49. The molecule has 1 fully saturated rings. The first kappa shape index (κ1) is 9.77. The minimum atomic E-state index is 0.617. The predicted octanol–water partition coefficient (Wildman–Crippen LogP) is 1.36. The summed E-state index contributed by atoms with van der Waals surface area (Å²) in [5.41, 5.74) is 8.94. The lowest BCUT2D eigenvalue weighted by Crippen LogP contribution is -2.32. The monoisotopic (exact) mass is 236 g/mol. The maximum atomic E-state index is 5.81. The topological polar surface area (TPSA) is 68.2 Å². The van der Waals surface area contributed by atoms with Gasteiger partial charge in [0.2, 0.25) is 0 Å². The van der Waals surface area contributed by atoms with Gasteiger partial charge in [-0.1, -0.05) is 0 Å². The summed E-state index contributed by atoms with van der Waals surface area (Å²) in [6, 6.07) is 3.86. The number of nitrogens with two attached hydrogens (primary N) is 1. The van der Waals surface area contributed by atoms with E-state index in [-0.39, 0.29) is 0 Å². The van der Waals surface area contributed by atoms with Gasteiger partial charge < -0.3 is 10.6 Å². The van der Waals surface area contributed by atoms with E-state index >= 15 is 0 Å². The van der Waals surface area contributed by atoms with Gasteiger partial charge in [0.25, 0.3) is 0 Å². The van der Waals surface area contributed by atoms with Crippen LogP contribution in [0.1, 0.15) is 0 Å². The van der Waals surface area contributed by atoms with E-state index < -0.39 is 0 Å². The highest BCUT2D eigenvalue weighted by atomic mass is 32.2. The Balaban J connectivity index is 2.08. The van der Waals surface area contributed by atoms with Crippen LogP contribution in [0.4, 0.5) is 11.4 Å². The van der Waals surface area contributed by atoms with E-state index in [1.807, 2.05) is 23.9 Å². The number of anilines is 2. The maximum Gasteiger partial charge on any atom is 0.160 e. The summed E-state index contributed by atoms with van der Waals surface area (Å²) in [6.45, 7) is 2.08. The van der Waals surface area contributed by atoms with Crippen LogP contribution in [0, 0.1) is 0 Å². The lowest BCUT2D eigenvalue weighted by Gasteiger charge is -2.28. The fourth-order valence-electron chi connectivity index (χ4n) is 1.93. The largest absolute Gasteiger partial charge is 0.397 e. The van der Waals surface area contributed by atoms with Crippen LogP contribution in [0.5, 0.6) is 0 Å². The molecule has 1 aliphatic rings. The Hall–Kier alpha value is -1.43. The average Bonchev–Trinajstić information content (AvgIpc) is 2.81. The second-order valence-corrected chi connectivity index (χ2v) is 4.96. The number of fused-ring (bicyclic) bond motifs is 1.